The summed E-state index contributed by atoms with van der Waals surface area (Å²) in [5.41, 5.74) is 2.88. The van der Waals surface area contributed by atoms with Crippen LogP contribution in [0, 0.1) is 6.92 Å². The molecular formula is C11H10BrNO. The van der Waals surface area contributed by atoms with Gasteiger partial charge in [-0.25, -0.2) is 0 Å². The van der Waals surface area contributed by atoms with Gasteiger partial charge in [-0.2, -0.15) is 0 Å². The van der Waals surface area contributed by atoms with Gasteiger partial charge in [-0.05, 0) is 19.1 Å². The van der Waals surface area contributed by atoms with Gasteiger partial charge in [0.1, 0.15) is 0 Å². The molecule has 0 saturated heterocycles. The number of carbonyl (C=O) groups excluding carboxylic acids is 1. The Kier molecular flexibility index (Phi) is 2.19. The molecule has 0 aliphatic heterocycles. The van der Waals surface area contributed by atoms with Crippen LogP contribution in [-0.4, -0.2) is 10.9 Å². The average Bonchev–Trinajstić information content (AvgIpc) is 2.41. The maximum Gasteiger partial charge on any atom is 0.152 e. The van der Waals surface area contributed by atoms with Crippen molar-refractivity contribution in [3.05, 3.63) is 33.9 Å². The van der Waals surface area contributed by atoms with Crippen LogP contribution >= 0.6 is 15.9 Å². The van der Waals surface area contributed by atoms with E-state index >= 15 is 0 Å². The lowest BCUT2D eigenvalue weighted by molar-refractivity contribution is 0.112. The smallest absolute Gasteiger partial charge is 0.152 e. The standard InChI is InChI=1S/C11H10BrNO/c1-7-10(6-14)9-4-3-8(12)5-11(9)13(7)2/h3-6H,1-2H3. The molecule has 2 aromatic rings. The van der Waals surface area contributed by atoms with Gasteiger partial charge in [0.05, 0.1) is 0 Å². The van der Waals surface area contributed by atoms with Crippen LogP contribution < -0.4 is 0 Å². The number of aryl methyl sites for hydroxylation is 1. The highest BCUT2D eigenvalue weighted by Crippen LogP contribution is 2.26. The van der Waals surface area contributed by atoms with Gasteiger partial charge in [0.15, 0.2) is 6.29 Å². The summed E-state index contributed by atoms with van der Waals surface area (Å²) in [6.07, 6.45) is 0.922. The lowest BCUT2D eigenvalue weighted by atomic mass is 10.1. The number of hydrogen-bond acceptors (Lipinski definition) is 1. The number of rotatable bonds is 1. The number of halogens is 1. The van der Waals surface area contributed by atoms with Gasteiger partial charge in [-0.1, -0.05) is 22.0 Å². The van der Waals surface area contributed by atoms with Crippen LogP contribution in [0.25, 0.3) is 10.9 Å². The molecule has 0 atom stereocenters. The van der Waals surface area contributed by atoms with Gasteiger partial charge in [0.2, 0.25) is 0 Å². The quantitative estimate of drug-likeness (QED) is 0.715. The predicted octanol–water partition coefficient (Wildman–Crippen LogP) is 3.06. The molecular weight excluding hydrogens is 242 g/mol. The molecule has 2 rings (SSSR count). The van der Waals surface area contributed by atoms with Crippen LogP contribution in [0.15, 0.2) is 22.7 Å². The fourth-order valence-electron chi connectivity index (χ4n) is 1.72. The van der Waals surface area contributed by atoms with Crippen LogP contribution in [0.1, 0.15) is 16.1 Å². The topological polar surface area (TPSA) is 22.0 Å². The van der Waals surface area contributed by atoms with Crippen molar-refractivity contribution < 1.29 is 4.79 Å². The van der Waals surface area contributed by atoms with Crippen molar-refractivity contribution in [1.29, 1.82) is 0 Å². The molecule has 0 radical (unpaired) electrons. The summed E-state index contributed by atoms with van der Waals surface area (Å²) >= 11 is 3.42. The molecule has 0 aliphatic carbocycles. The van der Waals surface area contributed by atoms with E-state index in [1.165, 1.54) is 0 Å². The Morgan fingerprint density at radius 2 is 2.14 bits per heavy atom. The third-order valence-corrected chi connectivity index (χ3v) is 3.12. The van der Waals surface area contributed by atoms with Gasteiger partial charge < -0.3 is 4.57 Å². The monoisotopic (exact) mass is 251 g/mol. The van der Waals surface area contributed by atoms with E-state index in [1.807, 2.05) is 36.7 Å². The number of nitrogens with zero attached hydrogens (tertiary/aromatic N) is 1. The summed E-state index contributed by atoms with van der Waals surface area (Å²) in [7, 11) is 1.97. The van der Waals surface area contributed by atoms with Gasteiger partial charge in [-0.15, -0.1) is 0 Å². The Bertz CT molecular complexity index is 513. The molecule has 1 aromatic carbocycles. The molecule has 0 N–H and O–H groups in total. The Morgan fingerprint density at radius 3 is 2.79 bits per heavy atom. The molecule has 2 nitrogen and oxygen atoms in total. The predicted molar refractivity (Wildman–Crippen MR) is 60.7 cm³/mol. The summed E-state index contributed by atoms with van der Waals surface area (Å²) < 4.78 is 3.06. The highest BCUT2D eigenvalue weighted by Gasteiger charge is 2.10. The van der Waals surface area contributed by atoms with E-state index in [0.29, 0.717) is 0 Å². The van der Waals surface area contributed by atoms with E-state index < -0.39 is 0 Å². The van der Waals surface area contributed by atoms with Crippen molar-refractivity contribution in [1.82, 2.24) is 4.57 Å². The van der Waals surface area contributed by atoms with Crippen LogP contribution in [0.5, 0.6) is 0 Å². The molecule has 1 heterocycles. The first kappa shape index (κ1) is 9.46. The zero-order valence-electron chi connectivity index (χ0n) is 8.04. The van der Waals surface area contributed by atoms with Gasteiger partial charge in [0.25, 0.3) is 0 Å². The first-order valence-corrected chi connectivity index (χ1v) is 5.14. The second-order valence-corrected chi connectivity index (χ2v) is 4.25. The van der Waals surface area contributed by atoms with E-state index in [1.54, 1.807) is 0 Å². The van der Waals surface area contributed by atoms with Gasteiger partial charge >= 0.3 is 0 Å². The Labute approximate surface area is 90.7 Å². The number of aldehydes is 1. The molecule has 14 heavy (non-hydrogen) atoms. The van der Waals surface area contributed by atoms with Crippen molar-refractivity contribution in [3.63, 3.8) is 0 Å². The zero-order chi connectivity index (χ0) is 10.3. The third kappa shape index (κ3) is 1.20. The highest BCUT2D eigenvalue weighted by molar-refractivity contribution is 9.10. The molecule has 0 unspecified atom stereocenters. The summed E-state index contributed by atoms with van der Waals surface area (Å²) in [4.78, 5) is 10.9. The van der Waals surface area contributed by atoms with Gasteiger partial charge in [-0.3, -0.25) is 4.79 Å². The SMILES string of the molecule is Cc1c(C=O)c2ccc(Br)cc2n1C. The maximum absolute atomic E-state index is 10.9. The molecule has 0 bridgehead atoms. The van der Waals surface area contributed by atoms with Gasteiger partial charge in [0, 0.05) is 33.7 Å². The van der Waals surface area contributed by atoms with Crippen molar-refractivity contribution in [2.45, 2.75) is 6.92 Å². The summed E-state index contributed by atoms with van der Waals surface area (Å²) in [6.45, 7) is 1.96. The van der Waals surface area contributed by atoms with E-state index in [2.05, 4.69) is 15.9 Å². The minimum Gasteiger partial charge on any atom is -0.347 e. The Morgan fingerprint density at radius 1 is 1.43 bits per heavy atom. The van der Waals surface area contributed by atoms with E-state index in [0.717, 1.165) is 32.9 Å². The Balaban J connectivity index is 2.95. The fourth-order valence-corrected chi connectivity index (χ4v) is 2.06. The molecule has 72 valence electrons. The van der Waals surface area contributed by atoms with Crippen molar-refractivity contribution in [3.8, 4) is 0 Å². The number of aromatic nitrogens is 1. The number of benzene rings is 1. The van der Waals surface area contributed by atoms with Crippen molar-refractivity contribution in [2.24, 2.45) is 7.05 Å². The first-order chi connectivity index (χ1) is 6.65. The lowest BCUT2D eigenvalue weighted by Gasteiger charge is -1.98. The van der Waals surface area contributed by atoms with Crippen LogP contribution in [-0.2, 0) is 7.05 Å². The summed E-state index contributed by atoms with van der Waals surface area (Å²) in [5.74, 6) is 0. The molecule has 0 spiro atoms. The average molecular weight is 252 g/mol. The molecule has 3 heteroatoms. The third-order valence-electron chi connectivity index (χ3n) is 2.62. The van der Waals surface area contributed by atoms with Crippen LogP contribution in [0.4, 0.5) is 0 Å². The maximum atomic E-state index is 10.9. The largest absolute Gasteiger partial charge is 0.347 e. The Hall–Kier alpha value is -1.09. The normalized spacial score (nSPS) is 10.8. The second-order valence-electron chi connectivity index (χ2n) is 3.34. The molecule has 0 saturated carbocycles. The minimum atomic E-state index is 0.787. The van der Waals surface area contributed by atoms with E-state index in [-0.39, 0.29) is 0 Å². The number of hydrogen-bond donors (Lipinski definition) is 0. The molecule has 0 amide bonds. The summed E-state index contributed by atoms with van der Waals surface area (Å²) in [6, 6.07) is 5.94. The summed E-state index contributed by atoms with van der Waals surface area (Å²) in [5, 5.41) is 1.02. The number of carbonyl (C=O) groups is 1. The minimum absolute atomic E-state index is 0.787. The molecule has 0 aliphatic rings. The fraction of sp³-hybridized carbons (Fsp3) is 0.182. The van der Waals surface area contributed by atoms with E-state index in [4.69, 9.17) is 0 Å². The highest BCUT2D eigenvalue weighted by atomic mass is 79.9. The molecule has 1 aromatic heterocycles. The van der Waals surface area contributed by atoms with Crippen LogP contribution in [0.2, 0.25) is 0 Å². The van der Waals surface area contributed by atoms with Crippen LogP contribution in [0.3, 0.4) is 0 Å². The first-order valence-electron chi connectivity index (χ1n) is 4.35. The van der Waals surface area contributed by atoms with Crippen molar-refractivity contribution in [2.75, 3.05) is 0 Å². The molecule has 0 fully saturated rings. The zero-order valence-corrected chi connectivity index (χ0v) is 9.63. The number of fused-ring (bicyclic) bond motifs is 1. The lowest BCUT2D eigenvalue weighted by Crippen LogP contribution is -1.91. The van der Waals surface area contributed by atoms with Crippen molar-refractivity contribution >= 4 is 33.1 Å². The second kappa shape index (κ2) is 3.24. The van der Waals surface area contributed by atoms with E-state index in [9.17, 15) is 4.79 Å².